The first-order chi connectivity index (χ1) is 10.4. The minimum atomic E-state index is -1.01. The number of aliphatic hydroxyl groups is 2. The molecule has 0 bridgehead atoms. The molecule has 0 aromatic heterocycles. The number of piperazine rings is 1. The Morgan fingerprint density at radius 1 is 1.09 bits per heavy atom. The summed E-state index contributed by atoms with van der Waals surface area (Å²) in [6, 6.07) is 0. The van der Waals surface area contributed by atoms with Crippen LogP contribution in [-0.4, -0.2) is 96.4 Å². The maximum Gasteiger partial charge on any atom is 0.233 e. The van der Waals surface area contributed by atoms with E-state index >= 15 is 0 Å². The van der Waals surface area contributed by atoms with Crippen molar-refractivity contribution in [3.05, 3.63) is 0 Å². The third-order valence-corrected chi connectivity index (χ3v) is 5.91. The molecule has 22 heavy (non-hydrogen) atoms. The fraction of sp³-hybridized carbons (Fsp3) is 0.938. The van der Waals surface area contributed by atoms with Gasteiger partial charge in [0.15, 0.2) is 0 Å². The first-order valence-electron chi connectivity index (χ1n) is 8.34. The van der Waals surface area contributed by atoms with Crippen molar-refractivity contribution in [2.24, 2.45) is 5.41 Å². The van der Waals surface area contributed by atoms with Gasteiger partial charge in [-0.25, -0.2) is 0 Å². The summed E-state index contributed by atoms with van der Waals surface area (Å²) in [5, 5.41) is 19.1. The lowest BCUT2D eigenvalue weighted by molar-refractivity contribution is -0.151. The van der Waals surface area contributed by atoms with E-state index in [9.17, 15) is 15.0 Å². The fourth-order valence-corrected chi connectivity index (χ4v) is 3.82. The lowest BCUT2D eigenvalue weighted by atomic mass is 9.81. The molecule has 0 unspecified atom stereocenters. The number of rotatable bonds is 4. The van der Waals surface area contributed by atoms with Crippen molar-refractivity contribution in [3.8, 4) is 0 Å². The maximum atomic E-state index is 12.7. The van der Waals surface area contributed by atoms with Crippen molar-refractivity contribution in [2.45, 2.75) is 31.7 Å². The Labute approximate surface area is 133 Å². The van der Waals surface area contributed by atoms with Crippen molar-refractivity contribution in [3.63, 3.8) is 0 Å². The number of hydrogen-bond donors (Lipinski definition) is 2. The third kappa shape index (κ3) is 3.02. The quantitative estimate of drug-likeness (QED) is 0.740. The summed E-state index contributed by atoms with van der Waals surface area (Å²) in [6.45, 7) is 5.89. The van der Waals surface area contributed by atoms with E-state index in [1.165, 1.54) is 0 Å². The van der Waals surface area contributed by atoms with Crippen molar-refractivity contribution in [1.82, 2.24) is 14.7 Å². The van der Waals surface area contributed by atoms with Crippen LogP contribution < -0.4 is 0 Å². The minimum Gasteiger partial charge on any atom is -0.395 e. The molecule has 0 atom stereocenters. The van der Waals surface area contributed by atoms with Crippen molar-refractivity contribution >= 4 is 5.91 Å². The predicted molar refractivity (Wildman–Crippen MR) is 85.6 cm³/mol. The predicted octanol–water partition coefficient (Wildman–Crippen LogP) is -0.394. The zero-order chi connectivity index (χ0) is 16.4. The smallest absolute Gasteiger partial charge is 0.233 e. The Morgan fingerprint density at radius 2 is 1.68 bits per heavy atom. The molecule has 0 saturated carbocycles. The Bertz CT molecular complexity index is 382. The van der Waals surface area contributed by atoms with E-state index in [0.717, 1.165) is 32.5 Å². The topological polar surface area (TPSA) is 67.2 Å². The second-order valence-electron chi connectivity index (χ2n) is 7.13. The number of carbonyl (C=O) groups excluding carboxylic acids is 1. The largest absolute Gasteiger partial charge is 0.395 e. The number of aliphatic hydroxyl groups excluding tert-OH is 2. The average molecular weight is 313 g/mol. The van der Waals surface area contributed by atoms with Crippen LogP contribution in [0.1, 0.15) is 26.2 Å². The average Bonchev–Trinajstić information content (AvgIpc) is 2.54. The van der Waals surface area contributed by atoms with E-state index in [2.05, 4.69) is 23.9 Å². The fourth-order valence-electron chi connectivity index (χ4n) is 3.82. The van der Waals surface area contributed by atoms with Gasteiger partial charge in [0.05, 0.1) is 18.6 Å². The summed E-state index contributed by atoms with van der Waals surface area (Å²) in [7, 11) is 4.34. The molecular formula is C16H31N3O3. The van der Waals surface area contributed by atoms with Gasteiger partial charge in [0.1, 0.15) is 0 Å². The highest BCUT2D eigenvalue weighted by molar-refractivity contribution is 5.83. The molecule has 2 aliphatic heterocycles. The van der Waals surface area contributed by atoms with Gasteiger partial charge in [-0.05, 0) is 33.4 Å². The first-order valence-corrected chi connectivity index (χ1v) is 8.34. The number of nitrogens with zero attached hydrogens (tertiary/aromatic N) is 3. The van der Waals surface area contributed by atoms with Gasteiger partial charge in [0.2, 0.25) is 5.91 Å². The van der Waals surface area contributed by atoms with Gasteiger partial charge in [-0.1, -0.05) is 6.92 Å². The van der Waals surface area contributed by atoms with Crippen LogP contribution >= 0.6 is 0 Å². The summed E-state index contributed by atoms with van der Waals surface area (Å²) in [6.07, 6.45) is 2.37. The van der Waals surface area contributed by atoms with Crippen LogP contribution in [0.5, 0.6) is 0 Å². The lowest BCUT2D eigenvalue weighted by Gasteiger charge is -2.53. The second kappa shape index (κ2) is 6.83. The van der Waals surface area contributed by atoms with Gasteiger partial charge < -0.3 is 20.0 Å². The van der Waals surface area contributed by atoms with Crippen LogP contribution in [0.2, 0.25) is 0 Å². The van der Waals surface area contributed by atoms with Crippen LogP contribution in [0, 0.1) is 5.41 Å². The maximum absolute atomic E-state index is 12.7. The number of piperidine rings is 1. The number of likely N-dealkylation sites (N-methyl/N-ethyl adjacent to an activating group) is 2. The number of amides is 1. The normalized spacial score (nSPS) is 24.0. The van der Waals surface area contributed by atoms with Crippen LogP contribution in [0.4, 0.5) is 0 Å². The highest BCUT2D eigenvalue weighted by Gasteiger charge is 2.45. The molecule has 0 aliphatic carbocycles. The summed E-state index contributed by atoms with van der Waals surface area (Å²) < 4.78 is 0. The third-order valence-electron chi connectivity index (χ3n) is 5.91. The Morgan fingerprint density at radius 3 is 2.18 bits per heavy atom. The zero-order valence-corrected chi connectivity index (χ0v) is 14.2. The SMILES string of the molecule is CCC(CO)(CO)C(=O)N1CCC2(CC1)CN(C)CCN2C. The lowest BCUT2D eigenvalue weighted by Crippen LogP contribution is -2.65. The van der Waals surface area contributed by atoms with Crippen molar-refractivity contribution in [1.29, 1.82) is 0 Å². The van der Waals surface area contributed by atoms with Gasteiger partial charge in [-0.3, -0.25) is 9.69 Å². The van der Waals surface area contributed by atoms with E-state index in [4.69, 9.17) is 0 Å². The molecule has 6 heteroatoms. The van der Waals surface area contributed by atoms with Crippen molar-refractivity contribution in [2.75, 3.05) is 60.0 Å². The molecule has 1 spiro atoms. The summed E-state index contributed by atoms with van der Waals surface area (Å²) in [5.74, 6) is -0.0957. The van der Waals surface area contributed by atoms with Crippen molar-refractivity contribution < 1.29 is 15.0 Å². The zero-order valence-electron chi connectivity index (χ0n) is 14.2. The molecule has 0 aromatic rings. The number of carbonyl (C=O) groups is 1. The molecule has 6 nitrogen and oxygen atoms in total. The molecule has 2 heterocycles. The Balaban J connectivity index is 2.04. The van der Waals surface area contributed by atoms with E-state index in [-0.39, 0.29) is 24.7 Å². The number of likely N-dealkylation sites (tertiary alicyclic amines) is 1. The molecule has 0 radical (unpaired) electrons. The molecule has 0 aromatic carbocycles. The van der Waals surface area contributed by atoms with E-state index in [1.54, 1.807) is 0 Å². The molecule has 128 valence electrons. The van der Waals surface area contributed by atoms with Crippen LogP contribution in [0.15, 0.2) is 0 Å². The summed E-state index contributed by atoms with van der Waals surface area (Å²) in [5.41, 5.74) is -0.850. The molecule has 1 amide bonds. The highest BCUT2D eigenvalue weighted by Crippen LogP contribution is 2.33. The molecule has 2 fully saturated rings. The minimum absolute atomic E-state index is 0.0957. The van der Waals surface area contributed by atoms with Crippen LogP contribution in [0.3, 0.4) is 0 Å². The van der Waals surface area contributed by atoms with E-state index < -0.39 is 5.41 Å². The van der Waals surface area contributed by atoms with Crippen LogP contribution in [0.25, 0.3) is 0 Å². The summed E-state index contributed by atoms with van der Waals surface area (Å²) in [4.78, 5) is 19.4. The van der Waals surface area contributed by atoms with Gasteiger partial charge in [-0.2, -0.15) is 0 Å². The van der Waals surface area contributed by atoms with Gasteiger partial charge in [0.25, 0.3) is 0 Å². The Hall–Kier alpha value is -0.690. The van der Waals surface area contributed by atoms with E-state index in [1.807, 2.05) is 11.8 Å². The molecular weight excluding hydrogens is 282 g/mol. The molecule has 2 rings (SSSR count). The first kappa shape index (κ1) is 17.7. The summed E-state index contributed by atoms with van der Waals surface area (Å²) >= 11 is 0. The molecule has 2 aliphatic rings. The standard InChI is InChI=1S/C16H31N3O3/c1-4-15(12-20,13-21)14(22)19-7-5-16(6-8-19)11-17(2)9-10-18(16)3/h20-21H,4-13H2,1-3H3. The van der Waals surface area contributed by atoms with Gasteiger partial charge in [-0.15, -0.1) is 0 Å². The van der Waals surface area contributed by atoms with E-state index in [0.29, 0.717) is 19.5 Å². The highest BCUT2D eigenvalue weighted by atomic mass is 16.3. The second-order valence-corrected chi connectivity index (χ2v) is 7.13. The number of hydrogen-bond acceptors (Lipinski definition) is 5. The molecule has 2 saturated heterocycles. The van der Waals surface area contributed by atoms with Gasteiger partial charge >= 0.3 is 0 Å². The molecule has 2 N–H and O–H groups in total. The van der Waals surface area contributed by atoms with Gasteiger partial charge in [0, 0.05) is 38.3 Å². The Kier molecular flexibility index (Phi) is 5.48. The van der Waals surface area contributed by atoms with Crippen LogP contribution in [-0.2, 0) is 4.79 Å². The monoisotopic (exact) mass is 313 g/mol.